The molecule has 0 unspecified atom stereocenters. The molecule has 1 aliphatic heterocycles. The first kappa shape index (κ1) is 15.3. The molecule has 1 saturated heterocycles. The molecule has 1 fully saturated rings. The van der Waals surface area contributed by atoms with Crippen LogP contribution in [-0.4, -0.2) is 28.3 Å². The molecule has 0 amide bonds. The molecule has 24 heavy (non-hydrogen) atoms. The van der Waals surface area contributed by atoms with Crippen LogP contribution in [0, 0.1) is 6.92 Å². The second kappa shape index (κ2) is 6.69. The lowest BCUT2D eigenvalue weighted by Crippen LogP contribution is -2.31. The van der Waals surface area contributed by atoms with Crippen LogP contribution in [0.2, 0.25) is 0 Å². The van der Waals surface area contributed by atoms with E-state index in [0.29, 0.717) is 0 Å². The van der Waals surface area contributed by atoms with Crippen molar-refractivity contribution in [3.05, 3.63) is 47.3 Å². The average molecular weight is 336 g/mol. The monoisotopic (exact) mass is 336 g/mol. The molecule has 0 bridgehead atoms. The molecule has 1 aromatic carbocycles. The van der Waals surface area contributed by atoms with Gasteiger partial charge in [0.05, 0.1) is 4.88 Å². The van der Waals surface area contributed by atoms with Gasteiger partial charge in [0.25, 0.3) is 0 Å². The van der Waals surface area contributed by atoms with Crippen molar-refractivity contribution in [3.63, 3.8) is 0 Å². The van der Waals surface area contributed by atoms with Gasteiger partial charge >= 0.3 is 0 Å². The van der Waals surface area contributed by atoms with Crippen LogP contribution < -0.4 is 4.90 Å². The Morgan fingerprint density at radius 2 is 1.75 bits per heavy atom. The van der Waals surface area contributed by atoms with Gasteiger partial charge < -0.3 is 4.90 Å². The maximum atomic E-state index is 4.90. The molecule has 2 aromatic heterocycles. The van der Waals surface area contributed by atoms with Gasteiger partial charge in [-0.1, -0.05) is 35.9 Å². The summed E-state index contributed by atoms with van der Waals surface area (Å²) >= 11 is 1.65. The standard InChI is InChI=1S/C19H20N4S/c1-14-7-9-15(10-8-14)17-19(23-11-3-2-4-12-23)20-18(22-21-17)16-6-5-13-24-16/h5-10,13H,2-4,11-12H2,1H3. The number of aromatic nitrogens is 3. The lowest BCUT2D eigenvalue weighted by molar-refractivity contribution is 0.572. The quantitative estimate of drug-likeness (QED) is 0.703. The van der Waals surface area contributed by atoms with E-state index < -0.39 is 0 Å². The molecule has 0 N–H and O–H groups in total. The minimum absolute atomic E-state index is 0.724. The summed E-state index contributed by atoms with van der Waals surface area (Å²) in [5, 5.41) is 11.0. The third kappa shape index (κ3) is 3.04. The van der Waals surface area contributed by atoms with Gasteiger partial charge in [-0.05, 0) is 37.6 Å². The highest BCUT2D eigenvalue weighted by molar-refractivity contribution is 7.13. The second-order valence-electron chi connectivity index (χ2n) is 6.20. The van der Waals surface area contributed by atoms with Crippen LogP contribution in [0.25, 0.3) is 22.0 Å². The summed E-state index contributed by atoms with van der Waals surface area (Å²) in [6.45, 7) is 4.18. The fraction of sp³-hybridized carbons (Fsp3) is 0.316. The Bertz CT molecular complexity index is 806. The molecule has 4 rings (SSSR count). The summed E-state index contributed by atoms with van der Waals surface area (Å²) in [7, 11) is 0. The smallest absolute Gasteiger partial charge is 0.193 e. The van der Waals surface area contributed by atoms with Crippen molar-refractivity contribution in [2.45, 2.75) is 26.2 Å². The van der Waals surface area contributed by atoms with E-state index in [4.69, 9.17) is 4.98 Å². The molecule has 3 aromatic rings. The maximum absolute atomic E-state index is 4.90. The Labute approximate surface area is 146 Å². The van der Waals surface area contributed by atoms with Gasteiger partial charge in [0.2, 0.25) is 0 Å². The van der Waals surface area contributed by atoms with Gasteiger partial charge in [-0.3, -0.25) is 0 Å². The van der Waals surface area contributed by atoms with E-state index in [2.05, 4.69) is 46.3 Å². The predicted molar refractivity (Wildman–Crippen MR) is 99.4 cm³/mol. The molecule has 122 valence electrons. The highest BCUT2D eigenvalue weighted by Gasteiger charge is 2.20. The van der Waals surface area contributed by atoms with Gasteiger partial charge in [0.15, 0.2) is 11.6 Å². The predicted octanol–water partition coefficient (Wildman–Crippen LogP) is 4.57. The Hall–Kier alpha value is -2.27. The van der Waals surface area contributed by atoms with Crippen LogP contribution in [-0.2, 0) is 0 Å². The zero-order valence-corrected chi connectivity index (χ0v) is 14.6. The van der Waals surface area contributed by atoms with Gasteiger partial charge in [0, 0.05) is 18.7 Å². The first-order valence-corrected chi connectivity index (χ1v) is 9.30. The average Bonchev–Trinajstić information content (AvgIpc) is 3.17. The molecular weight excluding hydrogens is 316 g/mol. The highest BCUT2D eigenvalue weighted by atomic mass is 32.1. The number of benzene rings is 1. The van der Waals surface area contributed by atoms with Crippen LogP contribution in [0.1, 0.15) is 24.8 Å². The van der Waals surface area contributed by atoms with Gasteiger partial charge in [-0.2, -0.15) is 0 Å². The lowest BCUT2D eigenvalue weighted by Gasteiger charge is -2.29. The number of aryl methyl sites for hydroxylation is 1. The van der Waals surface area contributed by atoms with Crippen LogP contribution in [0.3, 0.4) is 0 Å². The Kier molecular flexibility index (Phi) is 4.26. The topological polar surface area (TPSA) is 41.9 Å². The molecule has 1 aliphatic rings. The highest BCUT2D eigenvalue weighted by Crippen LogP contribution is 2.31. The fourth-order valence-electron chi connectivity index (χ4n) is 3.05. The lowest BCUT2D eigenvalue weighted by atomic mass is 10.1. The van der Waals surface area contributed by atoms with Crippen LogP contribution in [0.4, 0.5) is 5.82 Å². The van der Waals surface area contributed by atoms with E-state index in [1.165, 1.54) is 24.8 Å². The second-order valence-corrected chi connectivity index (χ2v) is 7.15. The Morgan fingerprint density at radius 3 is 2.46 bits per heavy atom. The van der Waals surface area contributed by atoms with Crippen molar-refractivity contribution < 1.29 is 0 Å². The first-order valence-electron chi connectivity index (χ1n) is 8.42. The zero-order chi connectivity index (χ0) is 16.4. The van der Waals surface area contributed by atoms with Crippen molar-refractivity contribution >= 4 is 17.2 Å². The molecular formula is C19H20N4S. The minimum Gasteiger partial charge on any atom is -0.355 e. The fourth-order valence-corrected chi connectivity index (χ4v) is 3.71. The van der Waals surface area contributed by atoms with Gasteiger partial charge in [-0.15, -0.1) is 21.5 Å². The molecule has 0 spiro atoms. The van der Waals surface area contributed by atoms with E-state index in [0.717, 1.165) is 40.9 Å². The first-order chi connectivity index (χ1) is 11.8. The summed E-state index contributed by atoms with van der Waals surface area (Å²) in [5.74, 6) is 1.69. The van der Waals surface area contributed by atoms with E-state index in [9.17, 15) is 0 Å². The molecule has 4 nitrogen and oxygen atoms in total. The molecule has 0 aliphatic carbocycles. The number of hydrogen-bond donors (Lipinski definition) is 0. The molecule has 3 heterocycles. The van der Waals surface area contributed by atoms with E-state index in [1.807, 2.05) is 17.5 Å². The van der Waals surface area contributed by atoms with E-state index >= 15 is 0 Å². The van der Waals surface area contributed by atoms with Crippen LogP contribution in [0.15, 0.2) is 41.8 Å². The van der Waals surface area contributed by atoms with Crippen molar-refractivity contribution in [1.82, 2.24) is 15.2 Å². The number of hydrogen-bond acceptors (Lipinski definition) is 5. The van der Waals surface area contributed by atoms with Gasteiger partial charge in [0.1, 0.15) is 5.69 Å². The zero-order valence-electron chi connectivity index (χ0n) is 13.8. The number of anilines is 1. The maximum Gasteiger partial charge on any atom is 0.193 e. The Morgan fingerprint density at radius 1 is 0.958 bits per heavy atom. The van der Waals surface area contributed by atoms with Gasteiger partial charge in [-0.25, -0.2) is 4.98 Å². The number of thiophene rings is 1. The summed E-state index contributed by atoms with van der Waals surface area (Å²) in [4.78, 5) is 8.33. The summed E-state index contributed by atoms with van der Waals surface area (Å²) in [6.07, 6.45) is 3.73. The SMILES string of the molecule is Cc1ccc(-c2nnc(-c3cccs3)nc2N2CCCCC2)cc1. The van der Waals surface area contributed by atoms with Crippen molar-refractivity contribution in [2.75, 3.05) is 18.0 Å². The number of nitrogens with zero attached hydrogens (tertiary/aromatic N) is 4. The molecule has 5 heteroatoms. The third-order valence-corrected chi connectivity index (χ3v) is 5.26. The van der Waals surface area contributed by atoms with Crippen LogP contribution in [0.5, 0.6) is 0 Å². The minimum atomic E-state index is 0.724. The Balaban J connectivity index is 1.81. The largest absolute Gasteiger partial charge is 0.355 e. The van der Waals surface area contributed by atoms with Crippen molar-refractivity contribution in [3.8, 4) is 22.0 Å². The number of rotatable bonds is 3. The van der Waals surface area contributed by atoms with Crippen LogP contribution >= 0.6 is 11.3 Å². The van der Waals surface area contributed by atoms with Crippen molar-refractivity contribution in [1.29, 1.82) is 0 Å². The number of piperidine rings is 1. The molecule has 0 radical (unpaired) electrons. The summed E-state index contributed by atoms with van der Waals surface area (Å²) < 4.78 is 0. The normalized spacial score (nSPS) is 14.8. The molecule has 0 saturated carbocycles. The summed E-state index contributed by atoms with van der Waals surface area (Å²) in [5.41, 5.74) is 3.21. The molecule has 0 atom stereocenters. The van der Waals surface area contributed by atoms with E-state index in [-0.39, 0.29) is 0 Å². The third-order valence-electron chi connectivity index (χ3n) is 4.39. The van der Waals surface area contributed by atoms with E-state index in [1.54, 1.807) is 11.3 Å². The summed E-state index contributed by atoms with van der Waals surface area (Å²) in [6, 6.07) is 12.5. The van der Waals surface area contributed by atoms with Crippen molar-refractivity contribution in [2.24, 2.45) is 0 Å².